The SMILES string of the molecule is COc1ccc(OC(C)C)c(NC(=O)C2CCNCC2)c1. The van der Waals surface area contributed by atoms with E-state index in [2.05, 4.69) is 10.6 Å². The van der Waals surface area contributed by atoms with Gasteiger partial charge in [-0.1, -0.05) is 0 Å². The largest absolute Gasteiger partial charge is 0.497 e. The summed E-state index contributed by atoms with van der Waals surface area (Å²) in [4.78, 5) is 12.4. The Labute approximate surface area is 126 Å². The molecule has 0 atom stereocenters. The highest BCUT2D eigenvalue weighted by Crippen LogP contribution is 2.31. The molecule has 5 nitrogen and oxygen atoms in total. The Balaban J connectivity index is 2.13. The molecular weight excluding hydrogens is 268 g/mol. The van der Waals surface area contributed by atoms with E-state index in [1.165, 1.54) is 0 Å². The summed E-state index contributed by atoms with van der Waals surface area (Å²) >= 11 is 0. The minimum absolute atomic E-state index is 0.0490. The molecule has 1 aromatic carbocycles. The van der Waals surface area contributed by atoms with Gasteiger partial charge in [0.2, 0.25) is 5.91 Å². The van der Waals surface area contributed by atoms with Crippen molar-refractivity contribution in [3.05, 3.63) is 18.2 Å². The van der Waals surface area contributed by atoms with Crippen LogP contribution in [-0.4, -0.2) is 32.2 Å². The van der Waals surface area contributed by atoms with Crippen molar-refractivity contribution in [2.24, 2.45) is 5.92 Å². The van der Waals surface area contributed by atoms with Crippen LogP contribution in [0.4, 0.5) is 5.69 Å². The maximum absolute atomic E-state index is 12.4. The van der Waals surface area contributed by atoms with Crippen LogP contribution < -0.4 is 20.1 Å². The van der Waals surface area contributed by atoms with E-state index < -0.39 is 0 Å². The number of piperidine rings is 1. The van der Waals surface area contributed by atoms with Crippen LogP contribution in [0.5, 0.6) is 11.5 Å². The van der Waals surface area contributed by atoms with Crippen LogP contribution in [-0.2, 0) is 4.79 Å². The van der Waals surface area contributed by atoms with Crippen molar-refractivity contribution >= 4 is 11.6 Å². The molecule has 1 fully saturated rings. The average molecular weight is 292 g/mol. The lowest BCUT2D eigenvalue weighted by atomic mass is 9.97. The van der Waals surface area contributed by atoms with Gasteiger partial charge in [0.15, 0.2) is 0 Å². The number of carbonyl (C=O) groups is 1. The zero-order valence-corrected chi connectivity index (χ0v) is 12.9. The van der Waals surface area contributed by atoms with Crippen LogP contribution in [0.15, 0.2) is 18.2 Å². The number of hydrogen-bond acceptors (Lipinski definition) is 4. The van der Waals surface area contributed by atoms with Crippen LogP contribution in [0.25, 0.3) is 0 Å². The molecule has 2 rings (SSSR count). The number of carbonyl (C=O) groups excluding carboxylic acids is 1. The fraction of sp³-hybridized carbons (Fsp3) is 0.562. The summed E-state index contributed by atoms with van der Waals surface area (Å²) in [6.45, 7) is 5.71. The third kappa shape index (κ3) is 4.36. The zero-order valence-electron chi connectivity index (χ0n) is 12.9. The Kier molecular flexibility index (Phi) is 5.44. The first-order chi connectivity index (χ1) is 10.1. The molecule has 116 valence electrons. The fourth-order valence-electron chi connectivity index (χ4n) is 2.41. The van der Waals surface area contributed by atoms with Crippen molar-refractivity contribution in [3.8, 4) is 11.5 Å². The van der Waals surface area contributed by atoms with Gasteiger partial charge < -0.3 is 20.1 Å². The molecule has 0 bridgehead atoms. The van der Waals surface area contributed by atoms with Crippen LogP contribution in [0, 0.1) is 5.92 Å². The van der Waals surface area contributed by atoms with Crippen molar-refractivity contribution < 1.29 is 14.3 Å². The van der Waals surface area contributed by atoms with Gasteiger partial charge in [0.25, 0.3) is 0 Å². The van der Waals surface area contributed by atoms with E-state index in [1.807, 2.05) is 26.0 Å². The van der Waals surface area contributed by atoms with Gasteiger partial charge in [0.05, 0.1) is 18.9 Å². The van der Waals surface area contributed by atoms with Crippen molar-refractivity contribution in [2.45, 2.75) is 32.8 Å². The summed E-state index contributed by atoms with van der Waals surface area (Å²) in [6.07, 6.45) is 1.79. The highest BCUT2D eigenvalue weighted by molar-refractivity contribution is 5.94. The van der Waals surface area contributed by atoms with Crippen molar-refractivity contribution in [1.29, 1.82) is 0 Å². The Morgan fingerprint density at radius 3 is 2.67 bits per heavy atom. The first-order valence-electron chi connectivity index (χ1n) is 7.46. The van der Waals surface area contributed by atoms with Gasteiger partial charge in [0, 0.05) is 12.0 Å². The standard InChI is InChI=1S/C16H24N2O3/c1-11(2)21-15-5-4-13(20-3)10-14(15)18-16(19)12-6-8-17-9-7-12/h4-5,10-12,17H,6-9H2,1-3H3,(H,18,19). The quantitative estimate of drug-likeness (QED) is 0.875. The summed E-state index contributed by atoms with van der Waals surface area (Å²) in [5.41, 5.74) is 0.673. The number of nitrogens with one attached hydrogen (secondary N) is 2. The number of amides is 1. The Morgan fingerprint density at radius 2 is 2.05 bits per heavy atom. The van der Waals surface area contributed by atoms with Crippen molar-refractivity contribution in [1.82, 2.24) is 5.32 Å². The summed E-state index contributed by atoms with van der Waals surface area (Å²) in [7, 11) is 1.61. The minimum Gasteiger partial charge on any atom is -0.497 e. The molecule has 1 aliphatic rings. The topological polar surface area (TPSA) is 59.6 Å². The van der Waals surface area contributed by atoms with Crippen LogP contribution in [0.3, 0.4) is 0 Å². The number of hydrogen-bond donors (Lipinski definition) is 2. The van der Waals surface area contributed by atoms with Gasteiger partial charge in [-0.05, 0) is 51.9 Å². The van der Waals surface area contributed by atoms with Gasteiger partial charge in [-0.3, -0.25) is 4.79 Å². The van der Waals surface area contributed by atoms with E-state index in [0.717, 1.165) is 25.9 Å². The second kappa shape index (κ2) is 7.31. The third-order valence-corrected chi connectivity index (χ3v) is 3.52. The van der Waals surface area contributed by atoms with Gasteiger partial charge in [-0.25, -0.2) is 0 Å². The van der Waals surface area contributed by atoms with E-state index in [1.54, 1.807) is 13.2 Å². The molecule has 0 radical (unpaired) electrons. The second-order valence-electron chi connectivity index (χ2n) is 5.54. The maximum Gasteiger partial charge on any atom is 0.227 e. The molecule has 1 heterocycles. The summed E-state index contributed by atoms with van der Waals surface area (Å²) < 4.78 is 11.0. The molecule has 1 aromatic rings. The minimum atomic E-state index is 0.0490. The molecule has 2 N–H and O–H groups in total. The number of anilines is 1. The Hall–Kier alpha value is -1.75. The van der Waals surface area contributed by atoms with E-state index >= 15 is 0 Å². The summed E-state index contributed by atoms with van der Waals surface area (Å²) in [6, 6.07) is 5.46. The van der Waals surface area contributed by atoms with E-state index in [-0.39, 0.29) is 17.9 Å². The van der Waals surface area contributed by atoms with E-state index in [4.69, 9.17) is 9.47 Å². The van der Waals surface area contributed by atoms with Gasteiger partial charge in [-0.2, -0.15) is 0 Å². The second-order valence-corrected chi connectivity index (χ2v) is 5.54. The lowest BCUT2D eigenvalue weighted by Crippen LogP contribution is -2.34. The fourth-order valence-corrected chi connectivity index (χ4v) is 2.41. The number of rotatable bonds is 5. The molecule has 1 amide bonds. The average Bonchev–Trinajstić information content (AvgIpc) is 2.49. The highest BCUT2D eigenvalue weighted by Gasteiger charge is 2.22. The van der Waals surface area contributed by atoms with E-state index in [0.29, 0.717) is 17.2 Å². The normalized spacial score (nSPS) is 15.8. The number of benzene rings is 1. The lowest BCUT2D eigenvalue weighted by Gasteiger charge is -2.23. The predicted molar refractivity (Wildman–Crippen MR) is 83.0 cm³/mol. The molecule has 0 aromatic heterocycles. The van der Waals surface area contributed by atoms with E-state index in [9.17, 15) is 4.79 Å². The molecule has 0 spiro atoms. The molecule has 0 saturated carbocycles. The predicted octanol–water partition coefficient (Wildman–Crippen LogP) is 2.42. The molecule has 1 aliphatic heterocycles. The van der Waals surface area contributed by atoms with Crippen LogP contribution in [0.2, 0.25) is 0 Å². The highest BCUT2D eigenvalue weighted by atomic mass is 16.5. The molecular formula is C16H24N2O3. The summed E-state index contributed by atoms with van der Waals surface area (Å²) in [5, 5.41) is 6.25. The van der Waals surface area contributed by atoms with Gasteiger partial charge in [-0.15, -0.1) is 0 Å². The van der Waals surface area contributed by atoms with Crippen LogP contribution in [0.1, 0.15) is 26.7 Å². The van der Waals surface area contributed by atoms with Crippen LogP contribution >= 0.6 is 0 Å². The van der Waals surface area contributed by atoms with Gasteiger partial charge >= 0.3 is 0 Å². The van der Waals surface area contributed by atoms with Gasteiger partial charge in [0.1, 0.15) is 11.5 Å². The maximum atomic E-state index is 12.4. The smallest absolute Gasteiger partial charge is 0.227 e. The molecule has 0 aliphatic carbocycles. The third-order valence-electron chi connectivity index (χ3n) is 3.52. The molecule has 21 heavy (non-hydrogen) atoms. The molecule has 5 heteroatoms. The number of methoxy groups -OCH3 is 1. The first kappa shape index (κ1) is 15.6. The van der Waals surface area contributed by atoms with Crippen molar-refractivity contribution in [3.63, 3.8) is 0 Å². The summed E-state index contributed by atoms with van der Waals surface area (Å²) in [5.74, 6) is 1.49. The van der Waals surface area contributed by atoms with Crippen molar-refractivity contribution in [2.75, 3.05) is 25.5 Å². The lowest BCUT2D eigenvalue weighted by molar-refractivity contribution is -0.120. The first-order valence-corrected chi connectivity index (χ1v) is 7.46. The molecule has 1 saturated heterocycles. The Morgan fingerprint density at radius 1 is 1.33 bits per heavy atom. The molecule has 0 unspecified atom stereocenters. The number of ether oxygens (including phenoxy) is 2. The monoisotopic (exact) mass is 292 g/mol. The Bertz CT molecular complexity index is 482. The zero-order chi connectivity index (χ0) is 15.2.